The molecule has 22 heavy (non-hydrogen) atoms. The van der Waals surface area contributed by atoms with Crippen molar-refractivity contribution in [3.8, 4) is 0 Å². The Bertz CT molecular complexity index is 667. The van der Waals surface area contributed by atoms with Gasteiger partial charge < -0.3 is 17.0 Å². The van der Waals surface area contributed by atoms with Crippen molar-refractivity contribution in [1.29, 1.82) is 0 Å². The molecule has 0 aliphatic heterocycles. The molecule has 0 bridgehead atoms. The van der Waals surface area contributed by atoms with Crippen LogP contribution in [0.3, 0.4) is 0 Å². The Labute approximate surface area is 154 Å². The first-order chi connectivity index (χ1) is 10.2. The summed E-state index contributed by atoms with van der Waals surface area (Å²) in [5.41, 5.74) is 0. The molecule has 0 spiro atoms. The van der Waals surface area contributed by atoms with E-state index in [1.807, 2.05) is 30.3 Å². The van der Waals surface area contributed by atoms with Crippen LogP contribution in [0.1, 0.15) is 0 Å². The molecule has 112 valence electrons. The van der Waals surface area contributed by atoms with Crippen molar-refractivity contribution < 1.29 is 17.0 Å². The molecule has 0 nitrogen and oxygen atoms in total. The highest BCUT2D eigenvalue weighted by molar-refractivity contribution is 7.97. The van der Waals surface area contributed by atoms with Crippen molar-refractivity contribution in [3.05, 3.63) is 88.9 Å². The van der Waals surface area contributed by atoms with Gasteiger partial charge in [-0.2, -0.15) is 0 Å². The second kappa shape index (κ2) is 8.07. The van der Waals surface area contributed by atoms with Gasteiger partial charge in [0.15, 0.2) is 14.7 Å². The first-order valence-corrected chi connectivity index (χ1v) is 8.52. The molecule has 3 rings (SSSR count). The molecule has 0 saturated heterocycles. The molecule has 0 aliphatic rings. The second-order valence-corrected chi connectivity index (χ2v) is 7.43. The topological polar surface area (TPSA) is 0 Å². The zero-order chi connectivity index (χ0) is 14.7. The van der Waals surface area contributed by atoms with Crippen LogP contribution in [0.5, 0.6) is 0 Å². The fraction of sp³-hybridized carbons (Fsp3) is 0. The van der Waals surface area contributed by atoms with Crippen molar-refractivity contribution in [2.75, 3.05) is 0 Å². The molecule has 0 fully saturated rings. The fourth-order valence-corrected chi connectivity index (χ4v) is 4.42. The number of hydrogen-bond donors (Lipinski definition) is 0. The maximum atomic E-state index is 6.01. The largest absolute Gasteiger partial charge is 1.00 e. The minimum Gasteiger partial charge on any atom is -1.00 e. The van der Waals surface area contributed by atoms with Crippen LogP contribution in [-0.4, -0.2) is 0 Å². The van der Waals surface area contributed by atoms with Gasteiger partial charge in [-0.05, 0) is 60.7 Å². The highest BCUT2D eigenvalue weighted by atomic mass is 79.9. The van der Waals surface area contributed by atoms with Crippen LogP contribution >= 0.6 is 23.2 Å². The van der Waals surface area contributed by atoms with Crippen molar-refractivity contribution in [2.24, 2.45) is 0 Å². The maximum Gasteiger partial charge on any atom is 0.166 e. The summed E-state index contributed by atoms with van der Waals surface area (Å²) in [4.78, 5) is 3.77. The van der Waals surface area contributed by atoms with E-state index in [1.54, 1.807) is 0 Å². The molecule has 0 N–H and O–H groups in total. The lowest BCUT2D eigenvalue weighted by Gasteiger charge is -2.08. The summed E-state index contributed by atoms with van der Waals surface area (Å²) >= 11 is 12.0. The van der Waals surface area contributed by atoms with E-state index in [9.17, 15) is 0 Å². The van der Waals surface area contributed by atoms with Gasteiger partial charge in [0, 0.05) is 10.0 Å². The van der Waals surface area contributed by atoms with E-state index in [0.717, 1.165) is 10.0 Å². The molecular weight excluding hydrogens is 399 g/mol. The Morgan fingerprint density at radius 1 is 0.500 bits per heavy atom. The summed E-state index contributed by atoms with van der Waals surface area (Å²) in [5.74, 6) is 0. The van der Waals surface area contributed by atoms with E-state index in [0.29, 0.717) is 0 Å². The van der Waals surface area contributed by atoms with E-state index in [-0.39, 0.29) is 27.9 Å². The quantitative estimate of drug-likeness (QED) is 0.581. The van der Waals surface area contributed by atoms with E-state index in [4.69, 9.17) is 23.2 Å². The number of rotatable bonds is 3. The van der Waals surface area contributed by atoms with Crippen molar-refractivity contribution in [2.45, 2.75) is 14.7 Å². The Kier molecular flexibility index (Phi) is 6.39. The van der Waals surface area contributed by atoms with Crippen molar-refractivity contribution in [1.82, 2.24) is 0 Å². The molecule has 0 atom stereocenters. The lowest BCUT2D eigenvalue weighted by atomic mass is 10.3. The van der Waals surface area contributed by atoms with Crippen molar-refractivity contribution >= 4 is 34.1 Å². The maximum absolute atomic E-state index is 6.01. The minimum atomic E-state index is -0.148. The monoisotopic (exact) mass is 410 g/mol. The summed E-state index contributed by atoms with van der Waals surface area (Å²) in [5, 5.41) is 1.51. The molecule has 3 aromatic rings. The summed E-state index contributed by atoms with van der Waals surface area (Å²) in [6, 6.07) is 26.6. The Morgan fingerprint density at radius 2 is 0.864 bits per heavy atom. The van der Waals surface area contributed by atoms with Crippen LogP contribution in [0.15, 0.2) is 93.5 Å². The molecule has 0 heterocycles. The predicted octanol–water partition coefficient (Wildman–Crippen LogP) is 3.09. The number of benzene rings is 3. The molecular formula is C18H13BrCl2S. The predicted molar refractivity (Wildman–Crippen MR) is 91.5 cm³/mol. The summed E-state index contributed by atoms with van der Waals surface area (Å²) < 4.78 is 0. The van der Waals surface area contributed by atoms with Gasteiger partial charge >= 0.3 is 0 Å². The Hall–Kier alpha value is -0.930. The standard InChI is InChI=1S/C18H13Cl2S.BrH/c19-14-6-10-17(11-7-14)21(16-4-2-1-3-5-16)18-12-8-15(20)9-13-18;/h1-13H;1H/q+1;/p-1. The van der Waals surface area contributed by atoms with E-state index in [2.05, 4.69) is 48.5 Å². The van der Waals surface area contributed by atoms with Crippen LogP contribution in [0.25, 0.3) is 0 Å². The van der Waals surface area contributed by atoms with Crippen LogP contribution in [0.2, 0.25) is 10.0 Å². The second-order valence-electron chi connectivity index (χ2n) is 4.53. The highest BCUT2D eigenvalue weighted by Gasteiger charge is 2.28. The van der Waals surface area contributed by atoms with Gasteiger partial charge in [0.25, 0.3) is 0 Å². The Balaban J connectivity index is 0.00000176. The lowest BCUT2D eigenvalue weighted by molar-refractivity contribution is -0.00000394. The van der Waals surface area contributed by atoms with Gasteiger partial charge in [-0.15, -0.1) is 0 Å². The number of halogens is 3. The van der Waals surface area contributed by atoms with Crippen LogP contribution in [0.4, 0.5) is 0 Å². The third kappa shape index (κ3) is 4.08. The zero-order valence-corrected chi connectivity index (χ0v) is 15.5. The van der Waals surface area contributed by atoms with E-state index in [1.165, 1.54) is 14.7 Å². The molecule has 0 aliphatic carbocycles. The molecule has 0 amide bonds. The van der Waals surface area contributed by atoms with Crippen LogP contribution < -0.4 is 17.0 Å². The molecule has 0 unspecified atom stereocenters. The first kappa shape index (κ1) is 17.4. The van der Waals surface area contributed by atoms with Gasteiger partial charge in [0.1, 0.15) is 0 Å². The SMILES string of the molecule is Clc1ccc([S+](c2ccccc2)c2ccc(Cl)cc2)cc1.[Br-]. The smallest absolute Gasteiger partial charge is 0.166 e. The molecule has 0 radical (unpaired) electrons. The first-order valence-electron chi connectivity index (χ1n) is 6.54. The third-order valence-corrected chi connectivity index (χ3v) is 5.81. The molecule has 0 aromatic heterocycles. The average Bonchev–Trinajstić information content (AvgIpc) is 2.52. The number of hydrogen-bond acceptors (Lipinski definition) is 0. The Morgan fingerprint density at radius 3 is 1.27 bits per heavy atom. The molecule has 3 aromatic carbocycles. The summed E-state index contributed by atoms with van der Waals surface area (Å²) in [6.45, 7) is 0. The molecule has 0 saturated carbocycles. The average molecular weight is 412 g/mol. The van der Waals surface area contributed by atoms with Crippen LogP contribution in [-0.2, 0) is 10.9 Å². The highest BCUT2D eigenvalue weighted by Crippen LogP contribution is 2.32. The van der Waals surface area contributed by atoms with E-state index >= 15 is 0 Å². The van der Waals surface area contributed by atoms with Crippen molar-refractivity contribution in [3.63, 3.8) is 0 Å². The normalized spacial score (nSPS) is 10.3. The minimum absolute atomic E-state index is 0. The van der Waals surface area contributed by atoms with Gasteiger partial charge in [-0.3, -0.25) is 0 Å². The van der Waals surface area contributed by atoms with Gasteiger partial charge in [0.2, 0.25) is 0 Å². The van der Waals surface area contributed by atoms with Gasteiger partial charge in [0.05, 0.1) is 10.9 Å². The molecule has 4 heteroatoms. The zero-order valence-electron chi connectivity index (χ0n) is 11.5. The van der Waals surface area contributed by atoms with Crippen LogP contribution in [0, 0.1) is 0 Å². The summed E-state index contributed by atoms with van der Waals surface area (Å²) in [6.07, 6.45) is 0. The van der Waals surface area contributed by atoms with E-state index < -0.39 is 0 Å². The fourth-order valence-electron chi connectivity index (χ4n) is 2.11. The lowest BCUT2D eigenvalue weighted by Crippen LogP contribution is -3.00. The third-order valence-electron chi connectivity index (χ3n) is 3.08. The van der Waals surface area contributed by atoms with Gasteiger partial charge in [-0.1, -0.05) is 41.4 Å². The van der Waals surface area contributed by atoms with Gasteiger partial charge in [-0.25, -0.2) is 0 Å². The summed E-state index contributed by atoms with van der Waals surface area (Å²) in [7, 11) is -0.148.